The molecule has 0 aromatic heterocycles. The number of esters is 2. The predicted octanol–water partition coefficient (Wildman–Crippen LogP) is 5.31. The molecule has 1 aliphatic heterocycles. The van der Waals surface area contributed by atoms with E-state index in [1.165, 1.54) is 18.2 Å². The lowest BCUT2D eigenvalue weighted by atomic mass is 10.1. The minimum Gasteiger partial charge on any atom is -0.462 e. The van der Waals surface area contributed by atoms with Crippen LogP contribution in [0.25, 0.3) is 6.08 Å². The molecule has 0 aliphatic carbocycles. The lowest BCUT2D eigenvalue weighted by Crippen LogP contribution is -2.35. The summed E-state index contributed by atoms with van der Waals surface area (Å²) in [5.74, 6) is -1.72. The Kier molecular flexibility index (Phi) is 7.76. The van der Waals surface area contributed by atoms with Gasteiger partial charge < -0.3 is 9.47 Å². The number of hydrogen-bond acceptors (Lipinski definition) is 7. The zero-order valence-electron chi connectivity index (χ0n) is 17.0. The van der Waals surface area contributed by atoms with Crippen molar-refractivity contribution in [3.63, 3.8) is 0 Å². The molecule has 0 N–H and O–H groups in total. The molecule has 0 bridgehead atoms. The summed E-state index contributed by atoms with van der Waals surface area (Å²) < 4.78 is 11.2. The van der Waals surface area contributed by atoms with E-state index in [2.05, 4.69) is 15.9 Å². The number of nitrogens with zero attached hydrogens (tertiary/aromatic N) is 1. The van der Waals surface area contributed by atoms with Crippen molar-refractivity contribution < 1.29 is 28.7 Å². The molecule has 2 aromatic rings. The van der Waals surface area contributed by atoms with Crippen LogP contribution in [-0.2, 0) is 14.3 Å². The highest BCUT2D eigenvalue weighted by Crippen LogP contribution is 2.35. The van der Waals surface area contributed by atoms with E-state index in [0.29, 0.717) is 32.4 Å². The van der Waals surface area contributed by atoms with Gasteiger partial charge in [-0.2, -0.15) is 0 Å². The number of carbonyl (C=O) groups excluding carboxylic acids is 4. The van der Waals surface area contributed by atoms with E-state index in [1.807, 2.05) is 0 Å². The molecule has 7 nitrogen and oxygen atoms in total. The normalized spacial score (nSPS) is 14.9. The van der Waals surface area contributed by atoms with Crippen LogP contribution in [0, 0.1) is 0 Å². The van der Waals surface area contributed by atoms with Crippen molar-refractivity contribution in [3.8, 4) is 5.75 Å². The van der Waals surface area contributed by atoms with Gasteiger partial charge in [-0.05, 0) is 74.1 Å². The molecule has 3 rings (SSSR count). The van der Waals surface area contributed by atoms with Gasteiger partial charge in [0.25, 0.3) is 11.1 Å². The molecule has 0 saturated carbocycles. The van der Waals surface area contributed by atoms with Gasteiger partial charge in [0.2, 0.25) is 0 Å². The van der Waals surface area contributed by atoms with Crippen LogP contribution < -0.4 is 4.74 Å². The van der Waals surface area contributed by atoms with Crippen molar-refractivity contribution >= 4 is 68.5 Å². The van der Waals surface area contributed by atoms with Gasteiger partial charge in [-0.3, -0.25) is 19.3 Å². The quantitative estimate of drug-likeness (QED) is 0.280. The van der Waals surface area contributed by atoms with Gasteiger partial charge in [0.05, 0.1) is 16.6 Å². The number of rotatable bonds is 6. The van der Waals surface area contributed by atoms with Crippen molar-refractivity contribution in [3.05, 3.63) is 68.0 Å². The minimum absolute atomic E-state index is 0.0919. The third-order valence-electron chi connectivity index (χ3n) is 4.07. The van der Waals surface area contributed by atoms with Gasteiger partial charge in [0.15, 0.2) is 0 Å². The molecule has 32 heavy (non-hydrogen) atoms. The summed E-state index contributed by atoms with van der Waals surface area (Å²) in [5, 5.41) is -0.101. The highest BCUT2D eigenvalue weighted by atomic mass is 79.9. The summed E-state index contributed by atoms with van der Waals surface area (Å²) in [6.07, 6.45) is 1.08. The first-order valence-corrected chi connectivity index (χ1v) is 11.3. The van der Waals surface area contributed by atoms with Crippen molar-refractivity contribution in [2.45, 2.75) is 20.0 Å². The Labute approximate surface area is 201 Å². The molecule has 1 aliphatic rings. The lowest BCUT2D eigenvalue weighted by molar-refractivity contribution is -0.149. The standard InChI is InChI=1S/C22H17BrClNO6S/c1-12(2)30-19(26)11-25-20(27)18(32-22(25)29)10-14-9-15(23)5-8-17(14)31-21(28)13-3-6-16(24)7-4-13/h3-10,12H,11H2,1-2H3/b18-10-. The Morgan fingerprint density at radius 3 is 2.50 bits per heavy atom. The van der Waals surface area contributed by atoms with E-state index in [9.17, 15) is 19.2 Å². The maximum absolute atomic E-state index is 12.7. The average molecular weight is 539 g/mol. The highest BCUT2D eigenvalue weighted by Gasteiger charge is 2.37. The molecule has 2 amide bonds. The van der Waals surface area contributed by atoms with Gasteiger partial charge in [-0.1, -0.05) is 27.5 Å². The van der Waals surface area contributed by atoms with E-state index in [4.69, 9.17) is 21.1 Å². The van der Waals surface area contributed by atoms with Crippen LogP contribution in [0.15, 0.2) is 51.8 Å². The van der Waals surface area contributed by atoms with E-state index >= 15 is 0 Å². The first-order chi connectivity index (χ1) is 15.1. The first-order valence-electron chi connectivity index (χ1n) is 9.36. The number of halogens is 2. The van der Waals surface area contributed by atoms with Crippen molar-refractivity contribution in [1.29, 1.82) is 0 Å². The number of benzene rings is 2. The zero-order chi connectivity index (χ0) is 23.4. The fraction of sp³-hybridized carbons (Fsp3) is 0.182. The summed E-state index contributed by atoms with van der Waals surface area (Å²) in [7, 11) is 0. The fourth-order valence-electron chi connectivity index (χ4n) is 2.68. The average Bonchev–Trinajstić information content (AvgIpc) is 2.97. The van der Waals surface area contributed by atoms with Gasteiger partial charge in [0.1, 0.15) is 12.3 Å². The smallest absolute Gasteiger partial charge is 0.343 e. The van der Waals surface area contributed by atoms with Crippen LogP contribution in [-0.4, -0.2) is 40.6 Å². The first kappa shape index (κ1) is 24.0. The Morgan fingerprint density at radius 2 is 1.84 bits per heavy atom. The van der Waals surface area contributed by atoms with E-state index in [1.54, 1.807) is 44.2 Å². The number of imide groups is 1. The molecule has 1 fully saturated rings. The lowest BCUT2D eigenvalue weighted by Gasteiger charge is -2.13. The van der Waals surface area contributed by atoms with Gasteiger partial charge in [0, 0.05) is 15.1 Å². The van der Waals surface area contributed by atoms with Crippen LogP contribution in [0.3, 0.4) is 0 Å². The minimum atomic E-state index is -0.677. The van der Waals surface area contributed by atoms with Crippen molar-refractivity contribution in [2.24, 2.45) is 0 Å². The van der Waals surface area contributed by atoms with E-state index < -0.39 is 29.6 Å². The molecule has 0 unspecified atom stereocenters. The second kappa shape index (κ2) is 10.3. The Hall–Kier alpha value is -2.62. The van der Waals surface area contributed by atoms with E-state index in [0.717, 1.165) is 4.90 Å². The van der Waals surface area contributed by atoms with Crippen molar-refractivity contribution in [2.75, 3.05) is 6.54 Å². The van der Waals surface area contributed by atoms with Crippen molar-refractivity contribution in [1.82, 2.24) is 4.90 Å². The molecule has 0 atom stereocenters. The molecular weight excluding hydrogens is 522 g/mol. The van der Waals surface area contributed by atoms with Crippen LogP contribution in [0.5, 0.6) is 5.75 Å². The fourth-order valence-corrected chi connectivity index (χ4v) is 4.01. The van der Waals surface area contributed by atoms with E-state index in [-0.39, 0.29) is 16.8 Å². The number of carbonyl (C=O) groups is 4. The molecule has 2 aromatic carbocycles. The summed E-state index contributed by atoms with van der Waals surface area (Å²) in [6.45, 7) is 2.87. The predicted molar refractivity (Wildman–Crippen MR) is 124 cm³/mol. The summed E-state index contributed by atoms with van der Waals surface area (Å²) >= 11 is 9.88. The molecule has 1 saturated heterocycles. The van der Waals surface area contributed by atoms with Crippen LogP contribution >= 0.6 is 39.3 Å². The largest absolute Gasteiger partial charge is 0.462 e. The monoisotopic (exact) mass is 537 g/mol. The third kappa shape index (κ3) is 5.99. The summed E-state index contributed by atoms with van der Waals surface area (Å²) in [4.78, 5) is 50.2. The Bertz CT molecular complexity index is 1120. The number of thioether (sulfide) groups is 1. The summed E-state index contributed by atoms with van der Waals surface area (Å²) in [5.41, 5.74) is 0.698. The second-order valence-corrected chi connectivity index (χ2v) is 9.23. The van der Waals surface area contributed by atoms with Crippen LogP contribution in [0.2, 0.25) is 5.02 Å². The third-order valence-corrected chi connectivity index (χ3v) is 5.72. The van der Waals surface area contributed by atoms with Crippen LogP contribution in [0.1, 0.15) is 29.8 Å². The number of hydrogen-bond donors (Lipinski definition) is 0. The maximum atomic E-state index is 12.7. The summed E-state index contributed by atoms with van der Waals surface area (Å²) in [6, 6.07) is 11.1. The zero-order valence-corrected chi connectivity index (χ0v) is 20.1. The van der Waals surface area contributed by atoms with Gasteiger partial charge in [-0.25, -0.2) is 4.79 Å². The second-order valence-electron chi connectivity index (χ2n) is 6.89. The molecule has 1 heterocycles. The number of amides is 2. The molecule has 0 radical (unpaired) electrons. The topological polar surface area (TPSA) is 90.0 Å². The van der Waals surface area contributed by atoms with Gasteiger partial charge in [-0.15, -0.1) is 0 Å². The molecule has 10 heteroatoms. The van der Waals surface area contributed by atoms with Gasteiger partial charge >= 0.3 is 11.9 Å². The number of ether oxygens (including phenoxy) is 2. The molecular formula is C22H17BrClNO6S. The molecule has 166 valence electrons. The Morgan fingerprint density at radius 1 is 1.16 bits per heavy atom. The highest BCUT2D eigenvalue weighted by molar-refractivity contribution is 9.10. The molecule has 0 spiro atoms. The maximum Gasteiger partial charge on any atom is 0.343 e. The SMILES string of the molecule is CC(C)OC(=O)CN1C(=O)S/C(=C\c2cc(Br)ccc2OC(=O)c2ccc(Cl)cc2)C1=O. The van der Waals surface area contributed by atoms with Crippen LogP contribution in [0.4, 0.5) is 4.79 Å². The Balaban J connectivity index is 1.83.